The second-order valence-electron chi connectivity index (χ2n) is 3.86. The highest BCUT2D eigenvalue weighted by Gasteiger charge is 2.30. The molecule has 1 fully saturated rings. The van der Waals surface area contributed by atoms with Crippen LogP contribution in [0.2, 0.25) is 0 Å². The molecule has 0 amide bonds. The van der Waals surface area contributed by atoms with Crippen molar-refractivity contribution in [1.82, 2.24) is 4.90 Å². The molecule has 0 saturated carbocycles. The first-order valence-corrected chi connectivity index (χ1v) is 5.40. The number of hydrogen-bond donors (Lipinski definition) is 0. The van der Waals surface area contributed by atoms with Gasteiger partial charge >= 0.3 is 0 Å². The van der Waals surface area contributed by atoms with Gasteiger partial charge in [0.05, 0.1) is 18.7 Å². The second-order valence-corrected chi connectivity index (χ2v) is 3.86. The molecule has 1 aliphatic rings. The number of nitrogens with zero attached hydrogens (tertiary/aromatic N) is 2. The number of carbonyl (C=O) groups excluding carboxylic acids is 1. The summed E-state index contributed by atoms with van der Waals surface area (Å²) < 4.78 is 0. The monoisotopic (exact) mass is 194 g/mol. The van der Waals surface area contributed by atoms with Crippen LogP contribution in [0.1, 0.15) is 39.5 Å². The van der Waals surface area contributed by atoms with E-state index < -0.39 is 0 Å². The topological polar surface area (TPSA) is 44.1 Å². The van der Waals surface area contributed by atoms with Gasteiger partial charge in [0.1, 0.15) is 5.78 Å². The van der Waals surface area contributed by atoms with Crippen molar-refractivity contribution in [3.63, 3.8) is 0 Å². The molecule has 1 saturated heterocycles. The summed E-state index contributed by atoms with van der Waals surface area (Å²) in [5.41, 5.74) is 0. The molecule has 14 heavy (non-hydrogen) atoms. The van der Waals surface area contributed by atoms with Crippen LogP contribution in [0.25, 0.3) is 0 Å². The Morgan fingerprint density at radius 1 is 1.64 bits per heavy atom. The van der Waals surface area contributed by atoms with E-state index in [1.165, 1.54) is 0 Å². The Hall–Kier alpha value is -0.880. The van der Waals surface area contributed by atoms with Gasteiger partial charge in [-0.15, -0.1) is 0 Å². The predicted molar refractivity (Wildman–Crippen MR) is 54.7 cm³/mol. The number of rotatable bonds is 3. The van der Waals surface area contributed by atoms with Crippen molar-refractivity contribution in [2.75, 3.05) is 6.54 Å². The van der Waals surface area contributed by atoms with Crippen molar-refractivity contribution < 1.29 is 4.79 Å². The highest BCUT2D eigenvalue weighted by atomic mass is 16.1. The van der Waals surface area contributed by atoms with Crippen LogP contribution in [0.4, 0.5) is 0 Å². The lowest BCUT2D eigenvalue weighted by Gasteiger charge is -2.36. The summed E-state index contributed by atoms with van der Waals surface area (Å²) in [6.45, 7) is 4.60. The summed E-state index contributed by atoms with van der Waals surface area (Å²) in [6.07, 6.45) is 3.45. The molecule has 2 unspecified atom stereocenters. The van der Waals surface area contributed by atoms with Crippen LogP contribution in [-0.4, -0.2) is 29.3 Å². The van der Waals surface area contributed by atoms with Gasteiger partial charge in [0.2, 0.25) is 0 Å². The Kier molecular flexibility index (Phi) is 4.09. The smallest absolute Gasteiger partial charge is 0.146 e. The van der Waals surface area contributed by atoms with Crippen molar-refractivity contribution in [3.8, 4) is 6.07 Å². The molecular formula is C11H18N2O. The molecule has 0 N–H and O–H groups in total. The summed E-state index contributed by atoms with van der Waals surface area (Å²) in [5, 5.41) is 8.97. The minimum Gasteiger partial charge on any atom is -0.298 e. The Balaban J connectivity index is 2.70. The van der Waals surface area contributed by atoms with Gasteiger partial charge in [-0.2, -0.15) is 5.26 Å². The van der Waals surface area contributed by atoms with Crippen molar-refractivity contribution in [2.24, 2.45) is 0 Å². The van der Waals surface area contributed by atoms with Crippen LogP contribution in [0.15, 0.2) is 0 Å². The molecular weight excluding hydrogens is 176 g/mol. The number of carbonyl (C=O) groups is 1. The summed E-state index contributed by atoms with van der Waals surface area (Å²) in [4.78, 5) is 13.4. The number of nitriles is 1. The van der Waals surface area contributed by atoms with E-state index in [-0.39, 0.29) is 11.8 Å². The van der Waals surface area contributed by atoms with Gasteiger partial charge in [-0.1, -0.05) is 13.8 Å². The van der Waals surface area contributed by atoms with Crippen LogP contribution in [0.5, 0.6) is 0 Å². The van der Waals surface area contributed by atoms with E-state index in [0.717, 1.165) is 19.3 Å². The van der Waals surface area contributed by atoms with Crippen LogP contribution < -0.4 is 0 Å². The zero-order chi connectivity index (χ0) is 10.6. The first-order valence-electron chi connectivity index (χ1n) is 5.40. The third-order valence-electron chi connectivity index (χ3n) is 2.99. The zero-order valence-electron chi connectivity index (χ0n) is 8.99. The second kappa shape index (κ2) is 5.11. The molecule has 1 heterocycles. The molecule has 0 aliphatic carbocycles. The summed E-state index contributed by atoms with van der Waals surface area (Å²) >= 11 is 0. The third kappa shape index (κ3) is 2.33. The van der Waals surface area contributed by atoms with Gasteiger partial charge in [0, 0.05) is 12.5 Å². The maximum atomic E-state index is 11.3. The fraction of sp³-hybridized carbons (Fsp3) is 0.818. The van der Waals surface area contributed by atoms with Crippen molar-refractivity contribution in [3.05, 3.63) is 0 Å². The van der Waals surface area contributed by atoms with Gasteiger partial charge in [-0.25, -0.2) is 0 Å². The quantitative estimate of drug-likeness (QED) is 0.687. The van der Waals surface area contributed by atoms with E-state index >= 15 is 0 Å². The Bertz CT molecular complexity index is 244. The summed E-state index contributed by atoms with van der Waals surface area (Å²) in [6, 6.07) is 2.63. The van der Waals surface area contributed by atoms with E-state index in [1.54, 1.807) is 0 Å². The van der Waals surface area contributed by atoms with Crippen molar-refractivity contribution >= 4 is 5.78 Å². The number of piperidine rings is 1. The van der Waals surface area contributed by atoms with E-state index in [2.05, 4.69) is 17.9 Å². The Labute approximate surface area is 85.7 Å². The first-order chi connectivity index (χ1) is 6.72. The fourth-order valence-corrected chi connectivity index (χ4v) is 2.11. The molecule has 3 nitrogen and oxygen atoms in total. The largest absolute Gasteiger partial charge is 0.298 e. The fourth-order valence-electron chi connectivity index (χ4n) is 2.11. The molecule has 3 heteroatoms. The van der Waals surface area contributed by atoms with Crippen LogP contribution >= 0.6 is 0 Å². The molecule has 1 rings (SSSR count). The van der Waals surface area contributed by atoms with Gasteiger partial charge < -0.3 is 0 Å². The molecule has 2 atom stereocenters. The average molecular weight is 194 g/mol. The Morgan fingerprint density at radius 3 is 2.86 bits per heavy atom. The lowest BCUT2D eigenvalue weighted by Crippen LogP contribution is -2.48. The van der Waals surface area contributed by atoms with E-state index in [0.29, 0.717) is 19.0 Å². The van der Waals surface area contributed by atoms with Crippen molar-refractivity contribution in [1.29, 1.82) is 5.26 Å². The van der Waals surface area contributed by atoms with Gasteiger partial charge in [0.15, 0.2) is 0 Å². The first kappa shape index (κ1) is 11.2. The number of likely N-dealkylation sites (tertiary alicyclic amines) is 1. The summed E-state index contributed by atoms with van der Waals surface area (Å²) in [7, 11) is 0. The van der Waals surface area contributed by atoms with E-state index in [9.17, 15) is 4.79 Å². The SMILES string of the molecule is CCC(C#N)N1CC(=O)CCC1CC. The minimum absolute atomic E-state index is 0.0794. The highest BCUT2D eigenvalue weighted by molar-refractivity contribution is 5.81. The van der Waals surface area contributed by atoms with Crippen molar-refractivity contribution in [2.45, 2.75) is 51.6 Å². The molecule has 78 valence electrons. The van der Waals surface area contributed by atoms with Gasteiger partial charge in [0.25, 0.3) is 0 Å². The molecule has 0 aromatic carbocycles. The maximum Gasteiger partial charge on any atom is 0.146 e. The molecule has 1 aliphatic heterocycles. The van der Waals surface area contributed by atoms with Crippen LogP contribution in [-0.2, 0) is 4.79 Å². The van der Waals surface area contributed by atoms with Gasteiger partial charge in [-0.05, 0) is 19.3 Å². The van der Waals surface area contributed by atoms with Crippen LogP contribution in [0, 0.1) is 11.3 Å². The van der Waals surface area contributed by atoms with E-state index in [1.807, 2.05) is 6.92 Å². The Morgan fingerprint density at radius 2 is 2.36 bits per heavy atom. The third-order valence-corrected chi connectivity index (χ3v) is 2.99. The lowest BCUT2D eigenvalue weighted by molar-refractivity contribution is -0.124. The number of ketones is 1. The standard InChI is InChI=1S/C11H18N2O/c1-3-9-5-6-11(14)8-13(9)10(4-2)7-12/h9-10H,3-6,8H2,1-2H3. The summed E-state index contributed by atoms with van der Waals surface area (Å²) in [5.74, 6) is 0.281. The minimum atomic E-state index is -0.0794. The molecule has 0 bridgehead atoms. The maximum absolute atomic E-state index is 11.3. The molecule has 0 spiro atoms. The van der Waals surface area contributed by atoms with Gasteiger partial charge in [-0.3, -0.25) is 9.69 Å². The highest BCUT2D eigenvalue weighted by Crippen LogP contribution is 2.21. The van der Waals surface area contributed by atoms with E-state index in [4.69, 9.17) is 5.26 Å². The molecule has 0 radical (unpaired) electrons. The number of hydrogen-bond acceptors (Lipinski definition) is 3. The predicted octanol–water partition coefficient (Wildman–Crippen LogP) is 1.73. The zero-order valence-corrected chi connectivity index (χ0v) is 8.99. The molecule has 0 aromatic rings. The average Bonchev–Trinajstić information content (AvgIpc) is 2.20. The normalized spacial score (nSPS) is 25.8. The lowest BCUT2D eigenvalue weighted by atomic mass is 9.96. The number of Topliss-reactive ketones (excluding diaryl/α,β-unsaturated/α-hetero) is 1. The molecule has 0 aromatic heterocycles. The van der Waals surface area contributed by atoms with Crippen LogP contribution in [0.3, 0.4) is 0 Å².